The number of para-hydroxylation sites is 1. The Labute approximate surface area is 169 Å². The number of Topliss-reactive ketones (excluding diaryl/α,β-unsaturated/α-hetero) is 1. The largest absolute Gasteiger partial charge is 0.466 e. The van der Waals surface area contributed by atoms with Gasteiger partial charge in [-0.15, -0.1) is 0 Å². The van der Waals surface area contributed by atoms with E-state index < -0.39 is 26.5 Å². The summed E-state index contributed by atoms with van der Waals surface area (Å²) in [6, 6.07) is 11.3. The number of carbonyl (C=O) groups excluding carboxylic acids is 2. The van der Waals surface area contributed by atoms with Crippen molar-refractivity contribution in [1.29, 1.82) is 0 Å². The fourth-order valence-electron chi connectivity index (χ4n) is 2.10. The monoisotopic (exact) mass is 430 g/mol. The Kier molecular flexibility index (Phi) is 6.64. The summed E-state index contributed by atoms with van der Waals surface area (Å²) >= 11 is 17.6. The summed E-state index contributed by atoms with van der Waals surface area (Å²) in [5.74, 6) is -0.762. The molecule has 0 aliphatic carbocycles. The zero-order valence-corrected chi connectivity index (χ0v) is 16.1. The van der Waals surface area contributed by atoms with E-state index in [9.17, 15) is 19.7 Å². The fourth-order valence-corrected chi connectivity index (χ4v) is 2.40. The molecule has 0 aliphatic rings. The number of hydrogen-bond acceptors (Lipinski definition) is 5. The van der Waals surface area contributed by atoms with Crippen LogP contribution in [0.4, 0.5) is 5.69 Å². The van der Waals surface area contributed by atoms with Crippen LogP contribution >= 0.6 is 34.8 Å². The maximum Gasteiger partial charge on any atom is 0.282 e. The van der Waals surface area contributed by atoms with Gasteiger partial charge in [0.05, 0.1) is 4.92 Å². The lowest BCUT2D eigenvalue weighted by atomic mass is 10.1. The van der Waals surface area contributed by atoms with Gasteiger partial charge in [0.25, 0.3) is 11.6 Å². The number of carbonyl (C=O) groups is 2. The lowest BCUT2D eigenvalue weighted by Gasteiger charge is -2.26. The highest BCUT2D eigenvalue weighted by atomic mass is 35.6. The van der Waals surface area contributed by atoms with Crippen LogP contribution in [0.1, 0.15) is 27.6 Å². The highest BCUT2D eigenvalue weighted by Gasteiger charge is 2.37. The van der Waals surface area contributed by atoms with Crippen molar-refractivity contribution in [2.75, 3.05) is 0 Å². The molecule has 27 heavy (non-hydrogen) atoms. The number of halogens is 3. The van der Waals surface area contributed by atoms with Gasteiger partial charge in [-0.3, -0.25) is 19.7 Å². The number of nitrogens with zero attached hydrogens (tertiary/aromatic N) is 1. The zero-order chi connectivity index (χ0) is 20.2. The molecule has 0 saturated carbocycles. The van der Waals surface area contributed by atoms with Gasteiger partial charge < -0.3 is 10.1 Å². The molecule has 0 unspecified atom stereocenters. The molecule has 1 amide bonds. The van der Waals surface area contributed by atoms with Crippen molar-refractivity contribution in [1.82, 2.24) is 5.32 Å². The molecule has 0 spiro atoms. The van der Waals surface area contributed by atoms with Crippen molar-refractivity contribution >= 4 is 52.2 Å². The highest BCUT2D eigenvalue weighted by Crippen LogP contribution is 2.32. The van der Waals surface area contributed by atoms with Crippen LogP contribution in [-0.2, 0) is 0 Å². The van der Waals surface area contributed by atoms with Gasteiger partial charge in [-0.05, 0) is 37.3 Å². The smallest absolute Gasteiger partial charge is 0.282 e. The maximum absolute atomic E-state index is 12.4. The molecule has 0 fully saturated rings. The van der Waals surface area contributed by atoms with Crippen molar-refractivity contribution in [3.63, 3.8) is 0 Å². The number of nitro groups is 1. The Morgan fingerprint density at radius 1 is 1.11 bits per heavy atom. The van der Waals surface area contributed by atoms with E-state index in [-0.39, 0.29) is 17.1 Å². The molecular formula is C17H13Cl3N2O5. The first-order valence-corrected chi connectivity index (χ1v) is 8.61. The normalized spacial score (nSPS) is 12.1. The number of rotatable bonds is 6. The molecule has 0 heterocycles. The molecule has 0 bridgehead atoms. The van der Waals surface area contributed by atoms with Gasteiger partial charge in [0.2, 0.25) is 10.0 Å². The predicted molar refractivity (Wildman–Crippen MR) is 102 cm³/mol. The van der Waals surface area contributed by atoms with Gasteiger partial charge >= 0.3 is 0 Å². The summed E-state index contributed by atoms with van der Waals surface area (Å²) in [6.07, 6.45) is -1.45. The van der Waals surface area contributed by atoms with E-state index in [2.05, 4.69) is 5.32 Å². The SMILES string of the molecule is CC(=O)c1ccc(O[C@@H](NC(=O)c2ccccc2[N+](=O)[O-])C(Cl)(Cl)Cl)cc1. The van der Waals surface area contributed by atoms with Gasteiger partial charge in [0, 0.05) is 11.6 Å². The van der Waals surface area contributed by atoms with Crippen LogP contribution in [-0.4, -0.2) is 26.6 Å². The summed E-state index contributed by atoms with van der Waals surface area (Å²) in [7, 11) is 0. The Hall–Kier alpha value is -2.35. The third-order valence-corrected chi connectivity index (χ3v) is 4.01. The second-order valence-corrected chi connectivity index (χ2v) is 7.74. The number of nitrogens with one attached hydrogen (secondary N) is 1. The van der Waals surface area contributed by atoms with Crippen molar-refractivity contribution in [3.05, 3.63) is 69.8 Å². The number of hydrogen-bond donors (Lipinski definition) is 1. The van der Waals surface area contributed by atoms with E-state index in [0.717, 1.165) is 0 Å². The Balaban J connectivity index is 2.24. The molecule has 10 heteroatoms. The third-order valence-electron chi connectivity index (χ3n) is 3.42. The molecule has 0 radical (unpaired) electrons. The Bertz CT molecular complexity index is 866. The average Bonchev–Trinajstić information content (AvgIpc) is 2.60. The van der Waals surface area contributed by atoms with E-state index >= 15 is 0 Å². The Morgan fingerprint density at radius 3 is 2.22 bits per heavy atom. The van der Waals surface area contributed by atoms with Gasteiger partial charge in [-0.2, -0.15) is 0 Å². The molecule has 2 aromatic rings. The molecule has 2 rings (SSSR count). The van der Waals surface area contributed by atoms with Crippen LogP contribution in [0.15, 0.2) is 48.5 Å². The van der Waals surface area contributed by atoms with Crippen LogP contribution in [0.5, 0.6) is 5.75 Å². The van der Waals surface area contributed by atoms with Crippen molar-refractivity contribution < 1.29 is 19.2 Å². The van der Waals surface area contributed by atoms with Crippen LogP contribution < -0.4 is 10.1 Å². The van der Waals surface area contributed by atoms with Crippen LogP contribution in [0.2, 0.25) is 0 Å². The quantitative estimate of drug-likeness (QED) is 0.242. The second-order valence-electron chi connectivity index (χ2n) is 5.37. The van der Waals surface area contributed by atoms with Gasteiger partial charge in [-0.1, -0.05) is 46.9 Å². The second kappa shape index (κ2) is 8.56. The summed E-state index contributed by atoms with van der Waals surface area (Å²) in [4.78, 5) is 34.1. The Morgan fingerprint density at radius 2 is 1.70 bits per heavy atom. The topological polar surface area (TPSA) is 98.5 Å². The minimum absolute atomic E-state index is 0.135. The number of ketones is 1. The van der Waals surface area contributed by atoms with E-state index in [1.165, 1.54) is 55.5 Å². The maximum atomic E-state index is 12.4. The van der Waals surface area contributed by atoms with Crippen LogP contribution in [0, 0.1) is 10.1 Å². The minimum atomic E-state index is -2.07. The predicted octanol–water partition coefficient (Wildman–Crippen LogP) is 4.30. The third kappa shape index (κ3) is 5.56. The first-order valence-electron chi connectivity index (χ1n) is 7.48. The number of ether oxygens (including phenoxy) is 1. The number of amides is 1. The first-order chi connectivity index (χ1) is 12.6. The van der Waals surface area contributed by atoms with Gasteiger partial charge in [0.1, 0.15) is 11.3 Å². The highest BCUT2D eigenvalue weighted by molar-refractivity contribution is 6.68. The molecule has 7 nitrogen and oxygen atoms in total. The number of alkyl halides is 3. The molecule has 2 aromatic carbocycles. The van der Waals surface area contributed by atoms with E-state index in [0.29, 0.717) is 5.56 Å². The molecule has 0 aromatic heterocycles. The molecule has 0 aliphatic heterocycles. The zero-order valence-electron chi connectivity index (χ0n) is 13.8. The van der Waals surface area contributed by atoms with E-state index in [4.69, 9.17) is 39.5 Å². The summed E-state index contributed by atoms with van der Waals surface area (Å²) in [5.41, 5.74) is -0.155. The number of nitro benzene ring substituents is 1. The average molecular weight is 432 g/mol. The molecule has 0 saturated heterocycles. The number of benzene rings is 2. The summed E-state index contributed by atoms with van der Waals surface area (Å²) < 4.78 is 3.43. The first kappa shape index (κ1) is 21.0. The summed E-state index contributed by atoms with van der Waals surface area (Å²) in [6.45, 7) is 1.41. The fraction of sp³-hybridized carbons (Fsp3) is 0.176. The van der Waals surface area contributed by atoms with Crippen LogP contribution in [0.3, 0.4) is 0 Å². The van der Waals surface area contributed by atoms with Crippen molar-refractivity contribution in [2.24, 2.45) is 0 Å². The van der Waals surface area contributed by atoms with E-state index in [1.807, 2.05) is 0 Å². The summed E-state index contributed by atoms with van der Waals surface area (Å²) in [5, 5.41) is 13.4. The minimum Gasteiger partial charge on any atom is -0.466 e. The van der Waals surface area contributed by atoms with Crippen molar-refractivity contribution in [2.45, 2.75) is 16.9 Å². The van der Waals surface area contributed by atoms with Gasteiger partial charge in [-0.25, -0.2) is 0 Å². The van der Waals surface area contributed by atoms with Crippen molar-refractivity contribution in [3.8, 4) is 5.75 Å². The standard InChI is InChI=1S/C17H13Cl3N2O5/c1-10(23)11-6-8-12(9-7-11)27-16(17(18,19)20)21-15(24)13-4-2-3-5-14(13)22(25)26/h2-9,16H,1H3,(H,21,24)/t16-/m1/s1. The molecule has 1 atom stereocenters. The van der Waals surface area contributed by atoms with Gasteiger partial charge in [0.15, 0.2) is 5.78 Å². The van der Waals surface area contributed by atoms with Crippen LogP contribution in [0.25, 0.3) is 0 Å². The lowest BCUT2D eigenvalue weighted by Crippen LogP contribution is -2.48. The molecule has 1 N–H and O–H groups in total. The lowest BCUT2D eigenvalue weighted by molar-refractivity contribution is -0.385. The molecular weight excluding hydrogens is 419 g/mol. The van der Waals surface area contributed by atoms with E-state index in [1.54, 1.807) is 0 Å². The molecule has 142 valence electrons.